The van der Waals surface area contributed by atoms with Crippen LogP contribution < -0.4 is 10.6 Å². The van der Waals surface area contributed by atoms with Gasteiger partial charge in [0, 0.05) is 35.6 Å². The zero-order valence-corrected chi connectivity index (χ0v) is 14.9. The van der Waals surface area contributed by atoms with E-state index in [-0.39, 0.29) is 0 Å². The molecule has 0 unspecified atom stereocenters. The second-order valence-corrected chi connectivity index (χ2v) is 8.87. The molecule has 1 fully saturated rings. The lowest BCUT2D eigenvalue weighted by Gasteiger charge is -2.46. The highest BCUT2D eigenvalue weighted by Crippen LogP contribution is 2.35. The summed E-state index contributed by atoms with van der Waals surface area (Å²) in [4.78, 5) is 2.12. The molecule has 0 saturated carbocycles. The van der Waals surface area contributed by atoms with Crippen LogP contribution in [0, 0.1) is 0 Å². The number of aromatic nitrogens is 2. The highest BCUT2D eigenvalue weighted by molar-refractivity contribution is 7.88. The topological polar surface area (TPSA) is 95.3 Å². The number of piperazine rings is 1. The van der Waals surface area contributed by atoms with Gasteiger partial charge < -0.3 is 10.6 Å². The number of fused-ring (bicyclic) bond motifs is 1. The summed E-state index contributed by atoms with van der Waals surface area (Å²) in [7, 11) is -3.25. The van der Waals surface area contributed by atoms with Crippen molar-refractivity contribution in [1.82, 2.24) is 14.5 Å². The Labute approximate surface area is 140 Å². The van der Waals surface area contributed by atoms with Gasteiger partial charge in [0.2, 0.25) is 10.0 Å². The van der Waals surface area contributed by atoms with E-state index in [9.17, 15) is 8.42 Å². The smallest absolute Gasteiger partial charge is 0.211 e. The van der Waals surface area contributed by atoms with Crippen molar-refractivity contribution in [3.63, 3.8) is 0 Å². The van der Waals surface area contributed by atoms with E-state index in [1.54, 1.807) is 10.4 Å². The third-order valence-electron chi connectivity index (χ3n) is 4.21. The number of rotatable bonds is 2. The number of anilines is 2. The molecular formula is C14H20ClN5O2S. The summed E-state index contributed by atoms with van der Waals surface area (Å²) >= 11 is 6.21. The number of sulfonamides is 1. The molecule has 0 bridgehead atoms. The number of nitrogen functional groups attached to an aromatic ring is 1. The van der Waals surface area contributed by atoms with Crippen LogP contribution in [0.25, 0.3) is 10.9 Å². The van der Waals surface area contributed by atoms with E-state index < -0.39 is 15.6 Å². The molecular weight excluding hydrogens is 338 g/mol. The molecule has 2 heterocycles. The molecule has 3 rings (SSSR count). The van der Waals surface area contributed by atoms with Crippen LogP contribution in [0.2, 0.25) is 5.02 Å². The number of halogens is 1. The highest BCUT2D eigenvalue weighted by atomic mass is 35.5. The van der Waals surface area contributed by atoms with Gasteiger partial charge in [0.05, 0.1) is 17.5 Å². The second kappa shape index (κ2) is 5.25. The summed E-state index contributed by atoms with van der Waals surface area (Å²) < 4.78 is 25.5. The van der Waals surface area contributed by atoms with Gasteiger partial charge in [0.15, 0.2) is 5.82 Å². The Morgan fingerprint density at radius 2 is 2.04 bits per heavy atom. The number of hydrogen-bond donors (Lipinski definition) is 2. The fraction of sp³-hybridized carbons (Fsp3) is 0.500. The minimum atomic E-state index is -3.25. The quantitative estimate of drug-likeness (QED) is 0.852. The number of nitrogens with one attached hydrogen (secondary N) is 1. The molecule has 0 aliphatic carbocycles. The monoisotopic (exact) mass is 357 g/mol. The molecule has 1 aliphatic heterocycles. The first kappa shape index (κ1) is 16.4. The van der Waals surface area contributed by atoms with E-state index in [2.05, 4.69) is 15.1 Å². The first-order chi connectivity index (χ1) is 10.6. The summed E-state index contributed by atoms with van der Waals surface area (Å²) in [6.45, 7) is 5.38. The first-order valence-corrected chi connectivity index (χ1v) is 9.48. The van der Waals surface area contributed by atoms with E-state index in [4.69, 9.17) is 17.3 Å². The van der Waals surface area contributed by atoms with E-state index >= 15 is 0 Å². The average molecular weight is 358 g/mol. The largest absolute Gasteiger partial charge is 0.382 e. The van der Waals surface area contributed by atoms with Crippen LogP contribution in [-0.2, 0) is 10.0 Å². The first-order valence-electron chi connectivity index (χ1n) is 7.25. The van der Waals surface area contributed by atoms with Crippen LogP contribution in [0.15, 0.2) is 12.1 Å². The van der Waals surface area contributed by atoms with Crippen molar-refractivity contribution in [2.24, 2.45) is 0 Å². The summed E-state index contributed by atoms with van der Waals surface area (Å²) in [6.07, 6.45) is 1.25. The summed E-state index contributed by atoms with van der Waals surface area (Å²) in [6, 6.07) is 3.63. The summed E-state index contributed by atoms with van der Waals surface area (Å²) in [5.74, 6) is 0.401. The third kappa shape index (κ3) is 2.86. The van der Waals surface area contributed by atoms with Crippen LogP contribution in [0.4, 0.5) is 11.5 Å². The minimum Gasteiger partial charge on any atom is -0.382 e. The minimum absolute atomic E-state index is 0.401. The van der Waals surface area contributed by atoms with Gasteiger partial charge in [-0.15, -0.1) is 0 Å². The predicted octanol–water partition coefficient (Wildman–Crippen LogP) is 1.66. The molecule has 2 aromatic rings. The molecule has 9 heteroatoms. The van der Waals surface area contributed by atoms with E-state index in [1.807, 2.05) is 19.9 Å². The summed E-state index contributed by atoms with van der Waals surface area (Å²) in [5.41, 5.74) is 7.05. The number of nitrogens with two attached hydrogens (primary N) is 1. The van der Waals surface area contributed by atoms with Crippen LogP contribution in [-0.4, -0.2) is 54.3 Å². The van der Waals surface area contributed by atoms with Crippen molar-refractivity contribution in [2.75, 3.05) is 36.5 Å². The Balaban J connectivity index is 2.02. The van der Waals surface area contributed by atoms with Crippen molar-refractivity contribution >= 4 is 44.0 Å². The van der Waals surface area contributed by atoms with E-state index in [0.717, 1.165) is 16.6 Å². The molecule has 23 heavy (non-hydrogen) atoms. The van der Waals surface area contributed by atoms with Gasteiger partial charge in [-0.2, -0.15) is 9.40 Å². The van der Waals surface area contributed by atoms with Crippen molar-refractivity contribution in [3.8, 4) is 0 Å². The molecule has 0 spiro atoms. The number of benzene rings is 1. The maximum atomic E-state index is 12.0. The highest BCUT2D eigenvalue weighted by Gasteiger charge is 2.39. The Bertz CT molecular complexity index is 861. The van der Waals surface area contributed by atoms with Crippen LogP contribution >= 0.6 is 11.6 Å². The maximum Gasteiger partial charge on any atom is 0.211 e. The maximum absolute atomic E-state index is 12.0. The molecule has 3 N–H and O–H groups in total. The van der Waals surface area contributed by atoms with Crippen molar-refractivity contribution < 1.29 is 8.42 Å². The fourth-order valence-corrected chi connectivity index (χ4v) is 4.88. The lowest BCUT2D eigenvalue weighted by Crippen LogP contribution is -2.60. The van der Waals surface area contributed by atoms with Gasteiger partial charge in [-0.3, -0.25) is 5.10 Å². The molecule has 1 saturated heterocycles. The average Bonchev–Trinajstić information content (AvgIpc) is 2.77. The van der Waals surface area contributed by atoms with E-state index in [0.29, 0.717) is 30.5 Å². The predicted molar refractivity (Wildman–Crippen MR) is 93.4 cm³/mol. The van der Waals surface area contributed by atoms with Crippen molar-refractivity contribution in [2.45, 2.75) is 19.4 Å². The molecule has 1 aliphatic rings. The zero-order chi connectivity index (χ0) is 17.0. The van der Waals surface area contributed by atoms with Gasteiger partial charge >= 0.3 is 0 Å². The standard InChI is InChI=1S/C14H20ClN5O2S/c1-14(2)8-19(4-5-20(14)23(3,21)22)11-7-9(15)6-10-12(11)17-18-13(10)16/h6-7H,4-5,8H2,1-3H3,(H3,16,17,18). The number of nitrogens with zero attached hydrogens (tertiary/aromatic N) is 3. The molecule has 0 radical (unpaired) electrons. The number of H-pyrrole nitrogens is 1. The molecule has 7 nitrogen and oxygen atoms in total. The van der Waals surface area contributed by atoms with E-state index in [1.165, 1.54) is 6.26 Å². The molecule has 1 aromatic carbocycles. The number of aromatic amines is 1. The number of hydrogen-bond acceptors (Lipinski definition) is 5. The van der Waals surface area contributed by atoms with Gasteiger partial charge in [0.25, 0.3) is 0 Å². The second-order valence-electron chi connectivity index (χ2n) is 6.53. The van der Waals surface area contributed by atoms with Gasteiger partial charge in [-0.1, -0.05) is 11.6 Å². The molecule has 126 valence electrons. The Hall–Kier alpha value is -1.51. The van der Waals surface area contributed by atoms with Crippen molar-refractivity contribution in [1.29, 1.82) is 0 Å². The normalized spacial score (nSPS) is 19.4. The lowest BCUT2D eigenvalue weighted by atomic mass is 10.0. The zero-order valence-electron chi connectivity index (χ0n) is 13.3. The molecule has 0 atom stereocenters. The Kier molecular flexibility index (Phi) is 3.74. The Morgan fingerprint density at radius 1 is 1.35 bits per heavy atom. The summed E-state index contributed by atoms with van der Waals surface area (Å²) in [5, 5.41) is 8.33. The third-order valence-corrected chi connectivity index (χ3v) is 5.91. The van der Waals surface area contributed by atoms with Gasteiger partial charge in [0.1, 0.15) is 0 Å². The van der Waals surface area contributed by atoms with Crippen molar-refractivity contribution in [3.05, 3.63) is 17.2 Å². The molecule has 1 aromatic heterocycles. The van der Waals surface area contributed by atoms with Gasteiger partial charge in [-0.05, 0) is 26.0 Å². The lowest BCUT2D eigenvalue weighted by molar-refractivity contribution is 0.206. The SMILES string of the molecule is CC1(C)CN(c2cc(Cl)cc3c(N)n[nH]c23)CCN1S(C)(=O)=O. The fourth-order valence-electron chi connectivity index (χ4n) is 3.30. The van der Waals surface area contributed by atoms with Crippen LogP contribution in [0.5, 0.6) is 0 Å². The van der Waals surface area contributed by atoms with Crippen LogP contribution in [0.1, 0.15) is 13.8 Å². The van der Waals surface area contributed by atoms with Gasteiger partial charge in [-0.25, -0.2) is 8.42 Å². The van der Waals surface area contributed by atoms with Crippen LogP contribution in [0.3, 0.4) is 0 Å². The molecule has 0 amide bonds. The Morgan fingerprint density at radius 3 is 2.65 bits per heavy atom.